The molecule has 0 saturated carbocycles. The Morgan fingerprint density at radius 2 is 1.94 bits per heavy atom. The van der Waals surface area contributed by atoms with E-state index in [0.717, 1.165) is 0 Å². The van der Waals surface area contributed by atoms with Crippen LogP contribution in [0.3, 0.4) is 0 Å². The topological polar surface area (TPSA) is 45.5 Å². The minimum Gasteiger partial charge on any atom is -0.411 e. The fraction of sp³-hybridized carbons (Fsp3) is 0. The molecule has 0 bridgehead atoms. The number of oxime groups is 1. The summed E-state index contributed by atoms with van der Waals surface area (Å²) in [6, 6.07) is 11.9. The number of terminal acetylenes is 1. The van der Waals surface area contributed by atoms with Crippen molar-refractivity contribution in [3.63, 3.8) is 0 Å². The molecule has 0 aliphatic heterocycles. The number of nitrogens with zero attached hydrogens (tertiary/aromatic N) is 2. The van der Waals surface area contributed by atoms with Crippen molar-refractivity contribution < 1.29 is 5.21 Å². The highest BCUT2D eigenvalue weighted by atomic mass is 35.5. The smallest absolute Gasteiger partial charge is 0.121 e. The van der Waals surface area contributed by atoms with E-state index in [1.54, 1.807) is 18.3 Å². The fourth-order valence-electron chi connectivity index (χ4n) is 1.38. The summed E-state index contributed by atoms with van der Waals surface area (Å²) in [7, 11) is 0. The van der Waals surface area contributed by atoms with Gasteiger partial charge in [0.2, 0.25) is 0 Å². The molecular formula is C14H11ClN2O. The van der Waals surface area contributed by atoms with Gasteiger partial charge >= 0.3 is 0 Å². The molecule has 0 unspecified atom stereocenters. The summed E-state index contributed by atoms with van der Waals surface area (Å²) in [5.74, 6) is 2.37. The van der Waals surface area contributed by atoms with Crippen LogP contribution in [0.2, 0.25) is 0 Å². The van der Waals surface area contributed by atoms with Gasteiger partial charge in [-0.1, -0.05) is 23.4 Å². The van der Waals surface area contributed by atoms with Gasteiger partial charge in [-0.25, -0.2) is 4.98 Å². The predicted molar refractivity (Wildman–Crippen MR) is 74.2 cm³/mol. The Balaban J connectivity index is 0.000000194. The second-order valence-corrected chi connectivity index (χ2v) is 3.41. The van der Waals surface area contributed by atoms with Gasteiger partial charge in [-0.05, 0) is 35.2 Å². The largest absolute Gasteiger partial charge is 0.411 e. The molecule has 0 fully saturated rings. The zero-order valence-corrected chi connectivity index (χ0v) is 10.3. The second-order valence-electron chi connectivity index (χ2n) is 3.41. The highest BCUT2D eigenvalue weighted by Gasteiger charge is 2.06. The molecule has 18 heavy (non-hydrogen) atoms. The predicted octanol–water partition coefficient (Wildman–Crippen LogP) is 2.96. The third-order valence-corrected chi connectivity index (χ3v) is 2.29. The number of hydrogen-bond acceptors (Lipinski definition) is 3. The molecule has 0 radical (unpaired) electrons. The van der Waals surface area contributed by atoms with Crippen LogP contribution in [0.5, 0.6) is 0 Å². The van der Waals surface area contributed by atoms with Crippen molar-refractivity contribution >= 4 is 18.6 Å². The van der Waals surface area contributed by atoms with Crippen molar-refractivity contribution in [2.24, 2.45) is 5.16 Å². The molecule has 1 N–H and O–H groups in total. The number of rotatable bonds is 1. The number of fused-ring (bicyclic) bond motifs is 1. The van der Waals surface area contributed by atoms with Gasteiger partial charge in [0.15, 0.2) is 0 Å². The molecule has 1 aromatic rings. The maximum absolute atomic E-state index is 8.21. The van der Waals surface area contributed by atoms with Crippen molar-refractivity contribution in [3.05, 3.63) is 53.9 Å². The second kappa shape index (κ2) is 6.43. The van der Waals surface area contributed by atoms with Gasteiger partial charge in [-0.3, -0.25) is 0 Å². The van der Waals surface area contributed by atoms with Crippen LogP contribution in [0.25, 0.3) is 11.1 Å². The molecule has 0 spiro atoms. The van der Waals surface area contributed by atoms with E-state index in [2.05, 4.69) is 40.3 Å². The van der Waals surface area contributed by atoms with Gasteiger partial charge in [0, 0.05) is 11.8 Å². The molecule has 2 aliphatic carbocycles. The maximum Gasteiger partial charge on any atom is 0.121 e. The van der Waals surface area contributed by atoms with Gasteiger partial charge in [-0.15, -0.1) is 18.8 Å². The van der Waals surface area contributed by atoms with Crippen molar-refractivity contribution in [1.29, 1.82) is 0 Å². The van der Waals surface area contributed by atoms with Gasteiger partial charge in [-0.2, -0.15) is 0 Å². The molecule has 0 amide bonds. The van der Waals surface area contributed by atoms with E-state index in [0.29, 0.717) is 11.3 Å². The third kappa shape index (κ3) is 3.34. The van der Waals surface area contributed by atoms with Gasteiger partial charge in [0.05, 0.1) is 6.21 Å². The highest BCUT2D eigenvalue weighted by Crippen LogP contribution is 2.32. The summed E-state index contributed by atoms with van der Waals surface area (Å²) >= 11 is 0. The average molecular weight is 259 g/mol. The zero-order valence-electron chi connectivity index (χ0n) is 9.45. The summed E-state index contributed by atoms with van der Waals surface area (Å²) in [5, 5.41) is 11.1. The van der Waals surface area contributed by atoms with E-state index in [1.807, 2.05) is 0 Å². The molecule has 2 aliphatic rings. The quantitative estimate of drug-likeness (QED) is 0.316. The molecule has 3 rings (SSSR count). The van der Waals surface area contributed by atoms with E-state index in [9.17, 15) is 0 Å². The van der Waals surface area contributed by atoms with Crippen LogP contribution in [0.1, 0.15) is 11.3 Å². The van der Waals surface area contributed by atoms with Gasteiger partial charge in [0.25, 0.3) is 0 Å². The maximum atomic E-state index is 8.21. The molecule has 0 aromatic carbocycles. The first-order valence-electron chi connectivity index (χ1n) is 5.04. The summed E-state index contributed by atoms with van der Waals surface area (Å²) in [5.41, 5.74) is 3.97. The lowest BCUT2D eigenvalue weighted by Gasteiger charge is -1.92. The standard InChI is InChI=1S/C8H6N2O.C6H4.ClH/c1-2-8-7(6-10-11)4-3-5-9-8;1-2-5-4-6(5)3-1;/h1,3-6,11H;1-4H;1H. The Hall–Kier alpha value is -2.31. The number of halogens is 1. The minimum absolute atomic E-state index is 0. The molecule has 1 heterocycles. The van der Waals surface area contributed by atoms with E-state index < -0.39 is 0 Å². The van der Waals surface area contributed by atoms with E-state index >= 15 is 0 Å². The Labute approximate surface area is 112 Å². The first-order chi connectivity index (χ1) is 8.35. The van der Waals surface area contributed by atoms with Crippen LogP contribution in [-0.4, -0.2) is 16.4 Å². The van der Waals surface area contributed by atoms with Crippen LogP contribution in [-0.2, 0) is 0 Å². The van der Waals surface area contributed by atoms with E-state index in [4.69, 9.17) is 11.6 Å². The Morgan fingerprint density at radius 1 is 1.22 bits per heavy atom. The normalized spacial score (nSPS) is 9.72. The molecule has 3 nitrogen and oxygen atoms in total. The monoisotopic (exact) mass is 258 g/mol. The Morgan fingerprint density at radius 3 is 2.39 bits per heavy atom. The molecule has 0 saturated heterocycles. The summed E-state index contributed by atoms with van der Waals surface area (Å²) in [6.45, 7) is 0. The van der Waals surface area contributed by atoms with Crippen LogP contribution in [0.4, 0.5) is 0 Å². The van der Waals surface area contributed by atoms with Gasteiger partial charge in [0.1, 0.15) is 5.69 Å². The van der Waals surface area contributed by atoms with E-state index in [-0.39, 0.29) is 12.4 Å². The number of hydrogen-bond donors (Lipinski definition) is 1. The first kappa shape index (κ1) is 13.8. The van der Waals surface area contributed by atoms with Crippen molar-refractivity contribution in [2.75, 3.05) is 0 Å². The molecule has 1 aromatic heterocycles. The third-order valence-electron chi connectivity index (χ3n) is 2.29. The van der Waals surface area contributed by atoms with E-state index in [1.165, 1.54) is 17.3 Å². The van der Waals surface area contributed by atoms with Crippen molar-refractivity contribution in [3.8, 4) is 23.5 Å². The first-order valence-corrected chi connectivity index (χ1v) is 5.04. The lowest BCUT2D eigenvalue weighted by molar-refractivity contribution is 0.322. The fourth-order valence-corrected chi connectivity index (χ4v) is 1.38. The van der Waals surface area contributed by atoms with Crippen LogP contribution in [0, 0.1) is 12.3 Å². The SMILES string of the molecule is C#Cc1ncccc1C=NO.Cl.c1cc2cc-2c1. The number of pyridine rings is 1. The molecular weight excluding hydrogens is 248 g/mol. The lowest BCUT2D eigenvalue weighted by Crippen LogP contribution is -1.90. The minimum atomic E-state index is 0. The van der Waals surface area contributed by atoms with Crippen LogP contribution < -0.4 is 0 Å². The van der Waals surface area contributed by atoms with Crippen LogP contribution >= 0.6 is 12.4 Å². The number of benzene rings is 1. The Bertz CT molecular complexity index is 585. The molecule has 4 heteroatoms. The highest BCUT2D eigenvalue weighted by molar-refractivity contribution is 5.85. The Kier molecular flexibility index (Phi) is 4.91. The summed E-state index contributed by atoms with van der Waals surface area (Å²) < 4.78 is 0. The molecule has 0 atom stereocenters. The lowest BCUT2D eigenvalue weighted by atomic mass is 10.2. The number of aromatic nitrogens is 1. The van der Waals surface area contributed by atoms with Crippen molar-refractivity contribution in [1.82, 2.24) is 4.98 Å². The average Bonchev–Trinajstić information content (AvgIpc) is 2.98. The summed E-state index contributed by atoms with van der Waals surface area (Å²) in [6.07, 6.45) is 7.96. The molecule has 90 valence electrons. The summed E-state index contributed by atoms with van der Waals surface area (Å²) in [4.78, 5) is 3.88. The van der Waals surface area contributed by atoms with Crippen molar-refractivity contribution in [2.45, 2.75) is 0 Å². The van der Waals surface area contributed by atoms with Crippen LogP contribution in [0.15, 0.2) is 47.8 Å². The zero-order chi connectivity index (χ0) is 12.1. The van der Waals surface area contributed by atoms with Gasteiger partial charge < -0.3 is 5.21 Å².